The van der Waals surface area contributed by atoms with Crippen LogP contribution in [-0.2, 0) is 10.1 Å². The predicted octanol–water partition coefficient (Wildman–Crippen LogP) is 5.82. The molecule has 0 aliphatic heterocycles. The molecule has 0 radical (unpaired) electrons. The zero-order valence-electron chi connectivity index (χ0n) is 15.5. The largest absolute Gasteiger partial charge is 0.522 e. The number of hydrogen-bond donors (Lipinski definition) is 2. The van der Waals surface area contributed by atoms with Crippen molar-refractivity contribution in [3.8, 4) is 0 Å². The first-order chi connectivity index (χ1) is 11.7. The number of unbranched alkanes of at least 4 members (excludes halogenated alkanes) is 13. The Kier molecular flexibility index (Phi) is 18.4. The van der Waals surface area contributed by atoms with Gasteiger partial charge in [0.25, 0.3) is 0 Å². The van der Waals surface area contributed by atoms with Gasteiger partial charge in [-0.3, -0.25) is 4.55 Å². The summed E-state index contributed by atoms with van der Waals surface area (Å²) in [5, 5.41) is 0. The molecule has 0 spiro atoms. The topological polar surface area (TPSA) is 80.4 Å². The molecule has 0 saturated heterocycles. The van der Waals surface area contributed by atoms with E-state index in [1.54, 1.807) is 0 Å². The van der Waals surface area contributed by atoms with Crippen molar-refractivity contribution in [1.82, 2.24) is 0 Å². The van der Waals surface area contributed by atoms with E-state index in [0.717, 1.165) is 6.54 Å². The van der Waals surface area contributed by atoms with Crippen LogP contribution in [0.15, 0.2) is 0 Å². The number of hydrogen-bond acceptors (Lipinski definition) is 3. The van der Waals surface area contributed by atoms with Gasteiger partial charge in [-0.05, 0) is 13.0 Å². The molecular weight excluding hydrogens is 355 g/mol. The van der Waals surface area contributed by atoms with Gasteiger partial charge in [-0.25, -0.2) is 0 Å². The number of alkyl halides is 3. The molecule has 154 valence electrons. The van der Waals surface area contributed by atoms with Gasteiger partial charge in [0.2, 0.25) is 0 Å². The molecule has 0 aliphatic rings. The molecule has 0 heterocycles. The SMILES string of the molecule is CCCCCCCCCCCCCCCCN.O=S(=O)(O)C(F)(F)F. The van der Waals surface area contributed by atoms with Gasteiger partial charge in [0.1, 0.15) is 0 Å². The van der Waals surface area contributed by atoms with Crippen LogP contribution >= 0.6 is 0 Å². The molecule has 0 aromatic carbocycles. The van der Waals surface area contributed by atoms with Crippen LogP contribution in [0.2, 0.25) is 0 Å². The molecule has 3 N–H and O–H groups in total. The Labute approximate surface area is 151 Å². The van der Waals surface area contributed by atoms with Gasteiger partial charge in [0, 0.05) is 0 Å². The van der Waals surface area contributed by atoms with Gasteiger partial charge in [-0.15, -0.1) is 0 Å². The fourth-order valence-electron chi connectivity index (χ4n) is 2.34. The lowest BCUT2D eigenvalue weighted by atomic mass is 10.0. The van der Waals surface area contributed by atoms with Crippen LogP contribution in [0, 0.1) is 0 Å². The van der Waals surface area contributed by atoms with Gasteiger partial charge >= 0.3 is 15.6 Å². The minimum Gasteiger partial charge on any atom is -0.330 e. The zero-order valence-corrected chi connectivity index (χ0v) is 16.3. The van der Waals surface area contributed by atoms with E-state index in [1.807, 2.05) is 0 Å². The summed E-state index contributed by atoms with van der Waals surface area (Å²) in [6, 6.07) is 0. The monoisotopic (exact) mass is 391 g/mol. The second kappa shape index (κ2) is 17.1. The second-order valence-corrected chi connectivity index (χ2v) is 7.72. The molecule has 0 fully saturated rings. The summed E-state index contributed by atoms with van der Waals surface area (Å²) in [4.78, 5) is 0. The Morgan fingerprint density at radius 3 is 1.16 bits per heavy atom. The van der Waals surface area contributed by atoms with Crippen LogP contribution in [0.5, 0.6) is 0 Å². The first kappa shape index (κ1) is 26.9. The van der Waals surface area contributed by atoms with E-state index in [9.17, 15) is 13.2 Å². The lowest BCUT2D eigenvalue weighted by Gasteiger charge is -2.02. The van der Waals surface area contributed by atoms with Crippen molar-refractivity contribution in [2.45, 2.75) is 102 Å². The van der Waals surface area contributed by atoms with Crippen LogP contribution in [0.1, 0.15) is 96.8 Å². The summed E-state index contributed by atoms with van der Waals surface area (Å²) in [6.07, 6.45) is 19.9. The van der Waals surface area contributed by atoms with Crippen LogP contribution in [0.3, 0.4) is 0 Å². The molecule has 0 unspecified atom stereocenters. The van der Waals surface area contributed by atoms with E-state index < -0.39 is 15.6 Å². The van der Waals surface area contributed by atoms with E-state index in [-0.39, 0.29) is 0 Å². The van der Waals surface area contributed by atoms with E-state index in [4.69, 9.17) is 18.7 Å². The molecule has 0 saturated carbocycles. The summed E-state index contributed by atoms with van der Waals surface area (Å²) in [6.45, 7) is 3.16. The van der Waals surface area contributed by atoms with Gasteiger partial charge in [-0.1, -0.05) is 90.4 Å². The third-order valence-corrected chi connectivity index (χ3v) is 4.44. The maximum absolute atomic E-state index is 10.7. The Hall–Kier alpha value is -0.340. The quantitative estimate of drug-likeness (QED) is 0.222. The van der Waals surface area contributed by atoms with E-state index in [1.165, 1.54) is 89.9 Å². The van der Waals surface area contributed by atoms with Crippen molar-refractivity contribution in [2.75, 3.05) is 6.54 Å². The van der Waals surface area contributed by atoms with E-state index >= 15 is 0 Å². The zero-order chi connectivity index (χ0) is 19.6. The fraction of sp³-hybridized carbons (Fsp3) is 1.00. The molecule has 0 atom stereocenters. The third-order valence-electron chi connectivity index (χ3n) is 3.85. The van der Waals surface area contributed by atoms with Crippen molar-refractivity contribution in [3.05, 3.63) is 0 Å². The first-order valence-electron chi connectivity index (χ1n) is 9.40. The van der Waals surface area contributed by atoms with Crippen LogP contribution < -0.4 is 5.73 Å². The minimum absolute atomic E-state index is 0.873. The molecule has 0 aromatic rings. The molecule has 8 heteroatoms. The summed E-state index contributed by atoms with van der Waals surface area (Å²) in [5.41, 5.74) is -0.0669. The van der Waals surface area contributed by atoms with Gasteiger partial charge in [0.15, 0.2) is 0 Å². The normalized spacial score (nSPS) is 11.9. The summed E-state index contributed by atoms with van der Waals surface area (Å²) in [7, 11) is -5.84. The van der Waals surface area contributed by atoms with Crippen molar-refractivity contribution in [1.29, 1.82) is 0 Å². The summed E-state index contributed by atoms with van der Waals surface area (Å²) < 4.78 is 57.5. The molecular formula is C17H36F3NO3S. The average molecular weight is 392 g/mol. The van der Waals surface area contributed by atoms with Gasteiger partial charge in [-0.2, -0.15) is 21.6 Å². The van der Waals surface area contributed by atoms with Crippen LogP contribution in [0.4, 0.5) is 13.2 Å². The number of rotatable bonds is 14. The van der Waals surface area contributed by atoms with Crippen LogP contribution in [-0.4, -0.2) is 25.0 Å². The highest BCUT2D eigenvalue weighted by atomic mass is 32.2. The Morgan fingerprint density at radius 1 is 0.720 bits per heavy atom. The molecule has 0 bridgehead atoms. The van der Waals surface area contributed by atoms with Crippen molar-refractivity contribution in [3.63, 3.8) is 0 Å². The predicted molar refractivity (Wildman–Crippen MR) is 97.0 cm³/mol. The Bertz CT molecular complexity index is 360. The standard InChI is InChI=1S/C16H35N.CHF3O3S/c1-2-3-4-5-6-7-8-9-10-11-12-13-14-15-16-17;2-1(3,4)8(5,6)7/h2-17H2,1H3;(H,5,6,7). The first-order valence-corrected chi connectivity index (χ1v) is 10.8. The second-order valence-electron chi connectivity index (χ2n) is 6.31. The summed E-state index contributed by atoms with van der Waals surface area (Å²) >= 11 is 0. The number of nitrogens with two attached hydrogens (primary N) is 1. The molecule has 0 rings (SSSR count). The van der Waals surface area contributed by atoms with Gasteiger partial charge < -0.3 is 5.73 Å². The highest BCUT2D eigenvalue weighted by molar-refractivity contribution is 7.86. The minimum atomic E-state index is -5.84. The van der Waals surface area contributed by atoms with Gasteiger partial charge in [0.05, 0.1) is 0 Å². The average Bonchev–Trinajstić information content (AvgIpc) is 2.50. The Morgan fingerprint density at radius 2 is 0.960 bits per heavy atom. The molecule has 4 nitrogen and oxygen atoms in total. The Balaban J connectivity index is 0. The third kappa shape index (κ3) is 21.6. The van der Waals surface area contributed by atoms with E-state index in [2.05, 4.69) is 6.92 Å². The molecule has 25 heavy (non-hydrogen) atoms. The lowest BCUT2D eigenvalue weighted by Crippen LogP contribution is -2.21. The van der Waals surface area contributed by atoms with E-state index in [0.29, 0.717) is 0 Å². The van der Waals surface area contributed by atoms with Crippen molar-refractivity contribution < 1.29 is 26.1 Å². The maximum atomic E-state index is 10.7. The van der Waals surface area contributed by atoms with Crippen molar-refractivity contribution in [2.24, 2.45) is 5.73 Å². The molecule has 0 aromatic heterocycles. The molecule has 0 aliphatic carbocycles. The maximum Gasteiger partial charge on any atom is 0.522 e. The van der Waals surface area contributed by atoms with Crippen molar-refractivity contribution >= 4 is 10.1 Å². The fourth-order valence-corrected chi connectivity index (χ4v) is 2.34. The highest BCUT2D eigenvalue weighted by Crippen LogP contribution is 2.20. The smallest absolute Gasteiger partial charge is 0.330 e. The molecule has 0 amide bonds. The summed E-state index contributed by atoms with van der Waals surface area (Å²) in [5.74, 6) is 0. The van der Waals surface area contributed by atoms with Crippen LogP contribution in [0.25, 0.3) is 0 Å². The number of halogens is 3. The lowest BCUT2D eigenvalue weighted by molar-refractivity contribution is -0.0510. The highest BCUT2D eigenvalue weighted by Gasteiger charge is 2.44.